The molecule has 8 heteroatoms. The van der Waals surface area contributed by atoms with Gasteiger partial charge in [-0.05, 0) is 66.4 Å². The van der Waals surface area contributed by atoms with Crippen LogP contribution in [-0.2, 0) is 4.79 Å². The summed E-state index contributed by atoms with van der Waals surface area (Å²) in [6, 6.07) is 15.0. The van der Waals surface area contributed by atoms with Gasteiger partial charge in [0.15, 0.2) is 11.5 Å². The molecule has 0 aliphatic heterocycles. The Labute approximate surface area is 193 Å². The molecule has 0 spiro atoms. The van der Waals surface area contributed by atoms with Gasteiger partial charge < -0.3 is 19.3 Å². The van der Waals surface area contributed by atoms with E-state index in [2.05, 4.69) is 6.58 Å². The van der Waals surface area contributed by atoms with Gasteiger partial charge in [-0.2, -0.15) is 0 Å². The van der Waals surface area contributed by atoms with Crippen molar-refractivity contribution in [3.8, 4) is 27.7 Å². The molecule has 0 unspecified atom stereocenters. The number of aliphatic carboxylic acids is 1. The summed E-state index contributed by atoms with van der Waals surface area (Å²) in [4.78, 5) is 12.2. The summed E-state index contributed by atoms with van der Waals surface area (Å²) in [5, 5.41) is 9.05. The molecule has 5 nitrogen and oxygen atoms in total. The molecule has 0 saturated carbocycles. The van der Waals surface area contributed by atoms with Crippen molar-refractivity contribution in [2.24, 2.45) is 0 Å². The van der Waals surface area contributed by atoms with Gasteiger partial charge in [-0.1, -0.05) is 45.5 Å². The molecule has 0 radical (unpaired) electrons. The van der Waals surface area contributed by atoms with Gasteiger partial charge in [-0.15, -0.1) is 0 Å². The van der Waals surface area contributed by atoms with Gasteiger partial charge in [0.05, 0.1) is 25.9 Å². The highest BCUT2D eigenvalue weighted by molar-refractivity contribution is 7.80. The van der Waals surface area contributed by atoms with Crippen LogP contribution in [0.5, 0.6) is 17.2 Å². The summed E-state index contributed by atoms with van der Waals surface area (Å²) in [5.74, 6) is 0.811. The minimum Gasteiger partial charge on any atom is -0.494 e. The monoisotopic (exact) mass is 474 g/mol. The maximum Gasteiger partial charge on any atom is 0.335 e. The number of carbonyl (C=O) groups is 1. The summed E-state index contributed by atoms with van der Waals surface area (Å²) < 4.78 is 17.8. The molecule has 1 N–H and O–H groups in total. The van der Waals surface area contributed by atoms with Crippen LogP contribution in [0, 0.1) is 3.82 Å². The predicted octanol–water partition coefficient (Wildman–Crippen LogP) is 6.55. The van der Waals surface area contributed by atoms with Crippen molar-refractivity contribution in [1.82, 2.24) is 0 Å². The smallest absolute Gasteiger partial charge is 0.335 e. The number of benzene rings is 2. The number of carboxylic acids is 1. The van der Waals surface area contributed by atoms with E-state index < -0.39 is 5.97 Å². The van der Waals surface area contributed by atoms with E-state index in [4.69, 9.17) is 31.5 Å². The lowest BCUT2D eigenvalue weighted by Gasteiger charge is -2.12. The van der Waals surface area contributed by atoms with Crippen molar-refractivity contribution < 1.29 is 24.1 Å². The first-order chi connectivity index (χ1) is 15.0. The van der Waals surface area contributed by atoms with Gasteiger partial charge in [-0.3, -0.25) is 0 Å². The summed E-state index contributed by atoms with van der Waals surface area (Å²) in [6.07, 6.45) is 1.65. The molecule has 1 aromatic heterocycles. The summed E-state index contributed by atoms with van der Waals surface area (Å²) in [7, 11) is 4.81. The zero-order valence-corrected chi connectivity index (χ0v) is 19.4. The summed E-state index contributed by atoms with van der Waals surface area (Å²) in [5.41, 5.74) is 1.64. The molecule has 0 fully saturated rings. The molecule has 0 bridgehead atoms. The van der Waals surface area contributed by atoms with Gasteiger partial charge in [0.1, 0.15) is 9.57 Å². The fraction of sp³-hybridized carbons (Fsp3) is 0.217. The van der Waals surface area contributed by atoms with Gasteiger partial charge in [0.25, 0.3) is 0 Å². The number of unbranched alkanes of at least 4 members (excludes halogenated alkanes) is 1. The highest BCUT2D eigenvalue weighted by Gasteiger charge is 2.12. The van der Waals surface area contributed by atoms with Crippen LogP contribution in [0.2, 0.25) is 0 Å². The first-order valence-corrected chi connectivity index (χ1v) is 12.1. The predicted molar refractivity (Wildman–Crippen MR) is 128 cm³/mol. The number of carboxylic acid groups (broad SMARTS) is 1. The number of rotatable bonds is 11. The minimum absolute atomic E-state index is 0.0103. The Morgan fingerprint density at radius 2 is 1.71 bits per heavy atom. The summed E-state index contributed by atoms with van der Waals surface area (Å²) in [6.45, 7) is 4.65. The van der Waals surface area contributed by atoms with Gasteiger partial charge in [0.2, 0.25) is 0 Å². The van der Waals surface area contributed by atoms with Crippen molar-refractivity contribution in [3.05, 3.63) is 64.5 Å². The van der Waals surface area contributed by atoms with Crippen LogP contribution in [0.1, 0.15) is 18.4 Å². The van der Waals surface area contributed by atoms with E-state index in [-0.39, 0.29) is 5.57 Å². The second kappa shape index (κ2) is 11.1. The van der Waals surface area contributed by atoms with Crippen LogP contribution in [0.15, 0.2) is 55.1 Å². The van der Waals surface area contributed by atoms with Gasteiger partial charge >= 0.3 is 5.97 Å². The van der Waals surface area contributed by atoms with E-state index in [1.807, 2.05) is 30.3 Å². The second-order valence-corrected chi connectivity index (χ2v) is 9.48. The van der Waals surface area contributed by atoms with E-state index in [1.54, 1.807) is 38.9 Å². The van der Waals surface area contributed by atoms with Crippen LogP contribution in [0.25, 0.3) is 16.0 Å². The minimum atomic E-state index is -1.07. The normalized spacial score (nSPS) is 10.5. The molecule has 0 aliphatic rings. The molecule has 162 valence electrons. The van der Waals surface area contributed by atoms with Crippen LogP contribution in [0.3, 0.4) is 0 Å². The molecule has 31 heavy (non-hydrogen) atoms. The third-order valence-corrected chi connectivity index (χ3v) is 7.35. The van der Waals surface area contributed by atoms with Crippen molar-refractivity contribution in [2.75, 3.05) is 20.3 Å². The van der Waals surface area contributed by atoms with Crippen LogP contribution < -0.4 is 14.2 Å². The van der Waals surface area contributed by atoms with E-state index in [9.17, 15) is 4.79 Å². The third-order valence-electron chi connectivity index (χ3n) is 4.44. The van der Waals surface area contributed by atoms with Gasteiger partial charge in [-0.25, -0.2) is 4.79 Å². The molecule has 0 saturated heterocycles. The second-order valence-electron chi connectivity index (χ2n) is 6.57. The number of hydrogen-bond acceptors (Lipinski definition) is 7. The van der Waals surface area contributed by atoms with Crippen molar-refractivity contribution in [1.29, 1.82) is 0 Å². The molecule has 0 aliphatic carbocycles. The fourth-order valence-corrected chi connectivity index (χ4v) is 5.16. The topological polar surface area (TPSA) is 65.0 Å². The Morgan fingerprint density at radius 3 is 2.32 bits per heavy atom. The Balaban J connectivity index is 1.42. The highest BCUT2D eigenvalue weighted by Crippen LogP contribution is 2.31. The number of methoxy groups -OCH3 is 1. The largest absolute Gasteiger partial charge is 0.494 e. The quantitative estimate of drug-likeness (QED) is 0.147. The summed E-state index contributed by atoms with van der Waals surface area (Å²) >= 11 is 5.18. The number of ether oxygens (including phenoxy) is 3. The molecule has 3 aromatic rings. The molecular formula is C23H22O5S3. The standard InChI is InChI=1S/C23H22O5S3/c1-15(23(24)25)17-7-10-19(20(13-17)26-2)28-12-4-3-11-27-18-8-5-16(6-9-18)21-14-22(29)31-30-21/h5-10,13-14H,1,3-4,11-12H2,2H3,(H,24,25). The molecule has 0 amide bonds. The Bertz CT molecular complexity index is 1100. The lowest BCUT2D eigenvalue weighted by atomic mass is 10.1. The SMILES string of the molecule is C=C(C(=O)O)c1ccc(OCCCCOc2ccc(-c3cc(=S)ss3)cc2)c(OC)c1. The van der Waals surface area contributed by atoms with Crippen LogP contribution in [0.4, 0.5) is 0 Å². The molecule has 0 atom stereocenters. The maximum absolute atomic E-state index is 11.1. The average molecular weight is 475 g/mol. The lowest BCUT2D eigenvalue weighted by Crippen LogP contribution is -2.04. The average Bonchev–Trinajstić information content (AvgIpc) is 3.22. The van der Waals surface area contributed by atoms with E-state index in [1.165, 1.54) is 12.0 Å². The van der Waals surface area contributed by atoms with Crippen LogP contribution >= 0.6 is 32.9 Å². The Kier molecular flexibility index (Phi) is 8.22. The molecular weight excluding hydrogens is 452 g/mol. The first kappa shape index (κ1) is 23.0. The molecule has 1 heterocycles. The zero-order chi connectivity index (χ0) is 22.2. The van der Waals surface area contributed by atoms with Crippen molar-refractivity contribution >= 4 is 44.4 Å². The highest BCUT2D eigenvalue weighted by atomic mass is 32.9. The number of hydrogen-bond donors (Lipinski definition) is 1. The van der Waals surface area contributed by atoms with E-state index in [0.717, 1.165) is 28.0 Å². The maximum atomic E-state index is 11.1. The first-order valence-electron chi connectivity index (χ1n) is 9.55. The lowest BCUT2D eigenvalue weighted by molar-refractivity contribution is -0.130. The van der Waals surface area contributed by atoms with Crippen molar-refractivity contribution in [3.63, 3.8) is 0 Å². The third kappa shape index (κ3) is 6.40. The zero-order valence-electron chi connectivity index (χ0n) is 17.0. The fourth-order valence-electron chi connectivity index (χ4n) is 2.76. The Hall–Kier alpha value is -2.68. The molecule has 2 aromatic carbocycles. The van der Waals surface area contributed by atoms with E-state index >= 15 is 0 Å². The van der Waals surface area contributed by atoms with Crippen LogP contribution in [-0.4, -0.2) is 31.4 Å². The Morgan fingerprint density at radius 1 is 1.00 bits per heavy atom. The van der Waals surface area contributed by atoms with E-state index in [0.29, 0.717) is 30.3 Å². The van der Waals surface area contributed by atoms with Gasteiger partial charge in [0, 0.05) is 4.88 Å². The van der Waals surface area contributed by atoms with Crippen molar-refractivity contribution in [2.45, 2.75) is 12.8 Å². The molecule has 3 rings (SSSR count).